The zero-order chi connectivity index (χ0) is 5.54. The average Bonchev–Trinajstić information content (AvgIpc) is 1.69. The van der Waals surface area contributed by atoms with E-state index in [1.807, 2.05) is 0 Å². The summed E-state index contributed by atoms with van der Waals surface area (Å²) >= 11 is 0. The topological polar surface area (TPSA) is 67.4 Å². The molecule has 0 aromatic heterocycles. The van der Waals surface area contributed by atoms with Gasteiger partial charge >= 0.3 is 0 Å². The van der Waals surface area contributed by atoms with Crippen molar-refractivity contribution in [1.29, 1.82) is 0 Å². The maximum atomic E-state index is 9.29. The summed E-state index contributed by atoms with van der Waals surface area (Å²) in [5.74, 6) is 0. The van der Waals surface area contributed by atoms with Crippen LogP contribution in [0.4, 0.5) is 0 Å². The molecule has 0 heterocycles. The molecule has 0 spiro atoms. The molecule has 0 radical (unpaired) electrons. The second-order valence-electron chi connectivity index (χ2n) is 0.573. The van der Waals surface area contributed by atoms with Crippen molar-refractivity contribution in [3.63, 3.8) is 0 Å². The minimum atomic E-state index is 0.288. The molecule has 0 fully saturated rings. The van der Waals surface area contributed by atoms with Gasteiger partial charge in [0.1, 0.15) is 0 Å². The molecular weight excluding hydrogens is 100 g/mol. The normalized spacial score (nSPS) is 6.86. The number of carbonyl (C=O) groups excluding carboxylic acids is 2. The fourth-order valence-electron chi connectivity index (χ4n) is 0.0821. The molecule has 0 rings (SSSR count). The maximum Gasteiger partial charge on any atom is 0.232 e. The molecular formula is C2H4N2O3. The number of nitrogens with one attached hydrogen (secondary N) is 2. The quantitative estimate of drug-likeness (QED) is 0.254. The number of rotatable bonds is 4. The van der Waals surface area contributed by atoms with Gasteiger partial charge in [-0.3, -0.25) is 9.59 Å². The van der Waals surface area contributed by atoms with E-state index in [-0.39, 0.29) is 12.8 Å². The van der Waals surface area contributed by atoms with E-state index in [9.17, 15) is 9.59 Å². The fourth-order valence-corrected chi connectivity index (χ4v) is 0.0821. The van der Waals surface area contributed by atoms with Gasteiger partial charge in [-0.15, -0.1) is 0 Å². The van der Waals surface area contributed by atoms with Crippen LogP contribution in [0.15, 0.2) is 0 Å². The molecule has 5 nitrogen and oxygen atoms in total. The Kier molecular flexibility index (Phi) is 4.13. The second-order valence-corrected chi connectivity index (χ2v) is 0.573. The number of hydrogen-bond donors (Lipinski definition) is 2. The summed E-state index contributed by atoms with van der Waals surface area (Å²) in [5.41, 5.74) is 3.45. The molecule has 2 N–H and O–H groups in total. The molecule has 0 unspecified atom stereocenters. The van der Waals surface area contributed by atoms with Gasteiger partial charge in [0, 0.05) is 0 Å². The van der Waals surface area contributed by atoms with Crippen molar-refractivity contribution >= 4 is 12.8 Å². The fraction of sp³-hybridized carbons (Fsp3) is 0. The van der Waals surface area contributed by atoms with Gasteiger partial charge in [-0.25, -0.2) is 11.0 Å². The monoisotopic (exact) mass is 104 g/mol. The van der Waals surface area contributed by atoms with Crippen molar-refractivity contribution in [2.75, 3.05) is 0 Å². The highest BCUT2D eigenvalue weighted by Gasteiger charge is 1.70. The highest BCUT2D eigenvalue weighted by molar-refractivity contribution is 5.46. The van der Waals surface area contributed by atoms with Crippen LogP contribution in [0.5, 0.6) is 0 Å². The molecule has 2 amide bonds. The van der Waals surface area contributed by atoms with E-state index in [1.165, 1.54) is 0 Å². The van der Waals surface area contributed by atoms with Crippen LogP contribution < -0.4 is 11.0 Å². The van der Waals surface area contributed by atoms with Gasteiger partial charge in [-0.2, -0.15) is 4.94 Å². The van der Waals surface area contributed by atoms with Crippen molar-refractivity contribution in [1.82, 2.24) is 11.0 Å². The van der Waals surface area contributed by atoms with E-state index in [1.54, 1.807) is 11.0 Å². The Bertz CT molecular complexity index is 56.0. The molecule has 0 atom stereocenters. The molecule has 0 saturated heterocycles. The Labute approximate surface area is 39.5 Å². The Morgan fingerprint density at radius 1 is 1.14 bits per heavy atom. The van der Waals surface area contributed by atoms with Gasteiger partial charge in [-0.1, -0.05) is 0 Å². The first kappa shape index (κ1) is 5.90. The first-order chi connectivity index (χ1) is 3.41. The second kappa shape index (κ2) is 4.90. The Morgan fingerprint density at radius 3 is 1.86 bits per heavy atom. The molecule has 0 aliphatic heterocycles. The zero-order valence-corrected chi connectivity index (χ0v) is 3.38. The molecule has 0 aliphatic rings. The van der Waals surface area contributed by atoms with Gasteiger partial charge < -0.3 is 0 Å². The first-order valence-corrected chi connectivity index (χ1v) is 1.46. The number of hydrogen-bond acceptors (Lipinski definition) is 3. The van der Waals surface area contributed by atoms with Crippen LogP contribution in [0.1, 0.15) is 0 Å². The van der Waals surface area contributed by atoms with Crippen molar-refractivity contribution < 1.29 is 14.5 Å². The van der Waals surface area contributed by atoms with Crippen LogP contribution in [0.25, 0.3) is 0 Å². The summed E-state index contributed by atoms with van der Waals surface area (Å²) in [7, 11) is 0. The van der Waals surface area contributed by atoms with Gasteiger partial charge in [-0.05, 0) is 0 Å². The SMILES string of the molecule is O=CNONC=O. The van der Waals surface area contributed by atoms with E-state index >= 15 is 0 Å². The average molecular weight is 104 g/mol. The third-order valence-corrected chi connectivity index (χ3v) is 0.214. The molecule has 0 aliphatic carbocycles. The van der Waals surface area contributed by atoms with Crippen LogP contribution in [-0.2, 0) is 14.5 Å². The minimum Gasteiger partial charge on any atom is -0.277 e. The summed E-state index contributed by atoms with van der Waals surface area (Å²) in [5, 5.41) is 0. The summed E-state index contributed by atoms with van der Waals surface area (Å²) in [6, 6.07) is 0. The van der Waals surface area contributed by atoms with Crippen LogP contribution in [-0.4, -0.2) is 12.8 Å². The Balaban J connectivity index is 2.68. The maximum absolute atomic E-state index is 9.29. The lowest BCUT2D eigenvalue weighted by atomic mass is 11.4. The third-order valence-electron chi connectivity index (χ3n) is 0.214. The van der Waals surface area contributed by atoms with E-state index in [0.717, 1.165) is 0 Å². The van der Waals surface area contributed by atoms with E-state index in [2.05, 4.69) is 4.94 Å². The lowest BCUT2D eigenvalue weighted by Crippen LogP contribution is -2.22. The molecule has 0 aromatic carbocycles. The molecule has 5 heteroatoms. The lowest BCUT2D eigenvalue weighted by Gasteiger charge is -1.90. The predicted octanol–water partition coefficient (Wildman–Crippen LogP) is -1.68. The van der Waals surface area contributed by atoms with Crippen LogP contribution in [0, 0.1) is 0 Å². The van der Waals surface area contributed by atoms with Gasteiger partial charge in [0.05, 0.1) is 0 Å². The van der Waals surface area contributed by atoms with Crippen molar-refractivity contribution in [2.24, 2.45) is 0 Å². The largest absolute Gasteiger partial charge is 0.277 e. The predicted molar refractivity (Wildman–Crippen MR) is 19.5 cm³/mol. The van der Waals surface area contributed by atoms with E-state index < -0.39 is 0 Å². The molecule has 0 saturated carbocycles. The van der Waals surface area contributed by atoms with Crippen LogP contribution in [0.2, 0.25) is 0 Å². The van der Waals surface area contributed by atoms with Gasteiger partial charge in [0.25, 0.3) is 0 Å². The molecule has 0 bridgehead atoms. The number of amides is 2. The van der Waals surface area contributed by atoms with Crippen LogP contribution in [0.3, 0.4) is 0 Å². The minimum absolute atomic E-state index is 0.288. The number of carbonyl (C=O) groups is 2. The van der Waals surface area contributed by atoms with Gasteiger partial charge in [0.2, 0.25) is 12.8 Å². The third kappa shape index (κ3) is 4.90. The Hall–Kier alpha value is -1.10. The molecule has 7 heavy (non-hydrogen) atoms. The molecule has 0 aromatic rings. The van der Waals surface area contributed by atoms with Crippen molar-refractivity contribution in [3.8, 4) is 0 Å². The summed E-state index contributed by atoms with van der Waals surface area (Å²) < 4.78 is 0. The van der Waals surface area contributed by atoms with Crippen molar-refractivity contribution in [3.05, 3.63) is 0 Å². The van der Waals surface area contributed by atoms with Crippen LogP contribution >= 0.6 is 0 Å². The smallest absolute Gasteiger partial charge is 0.232 e. The summed E-state index contributed by atoms with van der Waals surface area (Å²) in [6.45, 7) is 0. The van der Waals surface area contributed by atoms with Crippen molar-refractivity contribution in [2.45, 2.75) is 0 Å². The first-order valence-electron chi connectivity index (χ1n) is 1.46. The highest BCUT2D eigenvalue weighted by atomic mass is 16.8. The van der Waals surface area contributed by atoms with E-state index in [0.29, 0.717) is 0 Å². The lowest BCUT2D eigenvalue weighted by molar-refractivity contribution is -0.136. The van der Waals surface area contributed by atoms with E-state index in [4.69, 9.17) is 0 Å². The summed E-state index contributed by atoms with van der Waals surface area (Å²) in [4.78, 5) is 22.5. The highest BCUT2D eigenvalue weighted by Crippen LogP contribution is 1.40. The molecule has 40 valence electrons. The summed E-state index contributed by atoms with van der Waals surface area (Å²) in [6.07, 6.45) is 0.576. The Morgan fingerprint density at radius 2 is 1.57 bits per heavy atom. The van der Waals surface area contributed by atoms with Gasteiger partial charge in [0.15, 0.2) is 0 Å². The standard InChI is InChI=1S/C2H4N2O3/c5-1-3-7-4-2-6/h1-2H,(H,3,5)(H,4,6). The number of hydroxylamine groups is 2. The zero-order valence-electron chi connectivity index (χ0n) is 3.38.